The van der Waals surface area contributed by atoms with Crippen LogP contribution in [0.4, 0.5) is 11.4 Å². The fourth-order valence-electron chi connectivity index (χ4n) is 3.49. The number of ketones is 1. The zero-order chi connectivity index (χ0) is 18.1. The highest BCUT2D eigenvalue weighted by atomic mass is 32.1. The largest absolute Gasteiger partial charge is 0.515 e. The molecule has 4 nitrogen and oxygen atoms in total. The molecule has 5 heteroatoms. The summed E-state index contributed by atoms with van der Waals surface area (Å²) in [4.78, 5) is 17.6. The highest BCUT2D eigenvalue weighted by Crippen LogP contribution is 2.39. The first-order valence-corrected chi connectivity index (χ1v) is 9.66. The molecule has 4 rings (SSSR count). The van der Waals surface area contributed by atoms with Gasteiger partial charge < -0.3 is 10.4 Å². The van der Waals surface area contributed by atoms with Crippen molar-refractivity contribution in [2.75, 3.05) is 5.32 Å². The number of anilines is 2. The summed E-state index contributed by atoms with van der Waals surface area (Å²) in [6.07, 6.45) is 7.95. The van der Waals surface area contributed by atoms with Gasteiger partial charge >= 0.3 is 0 Å². The van der Waals surface area contributed by atoms with Crippen LogP contribution in [-0.4, -0.2) is 15.9 Å². The van der Waals surface area contributed by atoms with Crippen LogP contribution in [0.2, 0.25) is 0 Å². The molecule has 0 atom stereocenters. The number of benzene rings is 1. The number of allylic oxidation sites excluding steroid dienone is 1. The Morgan fingerprint density at radius 1 is 1.35 bits per heavy atom. The van der Waals surface area contributed by atoms with Gasteiger partial charge in [-0.15, -0.1) is 11.3 Å². The van der Waals surface area contributed by atoms with Gasteiger partial charge in [-0.1, -0.05) is 13.0 Å². The van der Waals surface area contributed by atoms with E-state index in [9.17, 15) is 9.90 Å². The minimum Gasteiger partial charge on any atom is -0.515 e. The van der Waals surface area contributed by atoms with Crippen LogP contribution in [0.15, 0.2) is 42.9 Å². The summed E-state index contributed by atoms with van der Waals surface area (Å²) < 4.78 is 1.01. The third-order valence-corrected chi connectivity index (χ3v) is 5.94. The molecule has 1 aliphatic rings. The number of hydrogen-bond donors (Lipinski definition) is 2. The molecule has 0 spiro atoms. The maximum atomic E-state index is 12.6. The minimum atomic E-state index is 0.169. The summed E-state index contributed by atoms with van der Waals surface area (Å²) in [6.45, 7) is 2.02. The smallest absolute Gasteiger partial charge is 0.174 e. The predicted octanol–water partition coefficient (Wildman–Crippen LogP) is 5.87. The number of hydrogen-bond acceptors (Lipinski definition) is 5. The monoisotopic (exact) mass is 364 g/mol. The third kappa shape index (κ3) is 2.88. The number of thiophene rings is 1. The van der Waals surface area contributed by atoms with Crippen LogP contribution in [-0.2, 0) is 6.42 Å². The maximum absolute atomic E-state index is 12.6. The quantitative estimate of drug-likeness (QED) is 0.439. The Hall–Kier alpha value is -2.66. The summed E-state index contributed by atoms with van der Waals surface area (Å²) in [6, 6.07) is 8.12. The lowest BCUT2D eigenvalue weighted by atomic mass is 10.1. The molecular formula is C21H20N2O2S. The van der Waals surface area contributed by atoms with Crippen LogP contribution >= 0.6 is 11.3 Å². The van der Waals surface area contributed by atoms with E-state index >= 15 is 0 Å². The summed E-state index contributed by atoms with van der Waals surface area (Å²) in [5, 5.41) is 13.8. The molecule has 2 N–H and O–H groups in total. The topological polar surface area (TPSA) is 62.2 Å². The van der Waals surface area contributed by atoms with E-state index in [1.807, 2.05) is 31.3 Å². The van der Waals surface area contributed by atoms with Gasteiger partial charge in [-0.25, -0.2) is 0 Å². The van der Waals surface area contributed by atoms with Crippen LogP contribution in [0, 0.1) is 0 Å². The van der Waals surface area contributed by atoms with E-state index in [1.165, 1.54) is 23.2 Å². The molecule has 0 unspecified atom stereocenters. The van der Waals surface area contributed by atoms with E-state index in [2.05, 4.69) is 16.4 Å². The zero-order valence-electron chi connectivity index (χ0n) is 14.6. The Morgan fingerprint density at radius 3 is 3.04 bits per heavy atom. The summed E-state index contributed by atoms with van der Waals surface area (Å²) >= 11 is 1.50. The first-order valence-electron chi connectivity index (χ1n) is 8.84. The van der Waals surface area contributed by atoms with Gasteiger partial charge in [-0.2, -0.15) is 0 Å². The maximum Gasteiger partial charge on any atom is 0.174 e. The fourth-order valence-corrected chi connectivity index (χ4v) is 4.58. The number of aliphatic hydroxyl groups is 1. The Kier molecular flexibility index (Phi) is 4.47. The Morgan fingerprint density at radius 2 is 2.23 bits per heavy atom. The standard InChI is InChI=1S/C21H20N2O2S/c1-2-3-18(25)21-20(17-8-9-22-11-19(17)26-21)23-15-6-7-16-13(10-15)4-5-14(16)12-24/h6-12,23-24H,2-5H2,1H3. The van der Waals surface area contributed by atoms with Crippen molar-refractivity contribution < 1.29 is 9.90 Å². The number of nitrogens with zero attached hydrogens (tertiary/aromatic N) is 1. The molecule has 1 aliphatic carbocycles. The lowest BCUT2D eigenvalue weighted by Gasteiger charge is -2.10. The van der Waals surface area contributed by atoms with Gasteiger partial charge in [0.15, 0.2) is 5.78 Å². The molecular weight excluding hydrogens is 344 g/mol. The number of aromatic nitrogens is 1. The Balaban J connectivity index is 1.75. The molecule has 2 aromatic heterocycles. The SMILES string of the molecule is CCCC(=O)c1sc2cnccc2c1Nc1ccc2c(c1)CCC2=CO. The van der Waals surface area contributed by atoms with Crippen molar-refractivity contribution in [1.82, 2.24) is 4.98 Å². The molecule has 3 aromatic rings. The second-order valence-electron chi connectivity index (χ2n) is 6.50. The van der Waals surface area contributed by atoms with Gasteiger partial charge in [0.1, 0.15) is 0 Å². The Labute approximate surface area is 156 Å². The zero-order valence-corrected chi connectivity index (χ0v) is 15.4. The Bertz CT molecular complexity index is 1020. The van der Waals surface area contributed by atoms with Crippen molar-refractivity contribution in [3.8, 4) is 0 Å². The molecule has 26 heavy (non-hydrogen) atoms. The van der Waals surface area contributed by atoms with Crippen LogP contribution in [0.25, 0.3) is 15.7 Å². The minimum absolute atomic E-state index is 0.169. The lowest BCUT2D eigenvalue weighted by Crippen LogP contribution is -2.00. The molecule has 1 aromatic carbocycles. The van der Waals surface area contributed by atoms with Crippen molar-refractivity contribution in [2.24, 2.45) is 0 Å². The van der Waals surface area contributed by atoms with Gasteiger partial charge in [0, 0.05) is 29.9 Å². The number of fused-ring (bicyclic) bond motifs is 2. The molecule has 2 heterocycles. The average molecular weight is 364 g/mol. The first-order chi connectivity index (χ1) is 12.7. The van der Waals surface area contributed by atoms with E-state index in [1.54, 1.807) is 6.20 Å². The number of nitrogens with one attached hydrogen (secondary N) is 1. The molecule has 0 radical (unpaired) electrons. The average Bonchev–Trinajstić information content (AvgIpc) is 3.23. The van der Waals surface area contributed by atoms with Gasteiger partial charge in [0.2, 0.25) is 0 Å². The van der Waals surface area contributed by atoms with Crippen molar-refractivity contribution in [2.45, 2.75) is 32.6 Å². The second-order valence-corrected chi connectivity index (χ2v) is 7.55. The number of pyridine rings is 1. The van der Waals surface area contributed by atoms with Gasteiger partial charge in [-0.3, -0.25) is 9.78 Å². The highest BCUT2D eigenvalue weighted by molar-refractivity contribution is 7.21. The van der Waals surface area contributed by atoms with Crippen molar-refractivity contribution >= 4 is 44.2 Å². The van der Waals surface area contributed by atoms with Gasteiger partial charge in [0.05, 0.1) is 21.5 Å². The summed E-state index contributed by atoms with van der Waals surface area (Å²) in [7, 11) is 0. The van der Waals surface area contributed by atoms with E-state index < -0.39 is 0 Å². The number of aliphatic hydroxyl groups excluding tert-OH is 1. The van der Waals surface area contributed by atoms with E-state index in [4.69, 9.17) is 0 Å². The van der Waals surface area contributed by atoms with E-state index in [0.29, 0.717) is 6.42 Å². The van der Waals surface area contributed by atoms with Crippen LogP contribution in [0.3, 0.4) is 0 Å². The number of Topliss-reactive ketones (excluding diaryl/α,β-unsaturated/α-hetero) is 1. The molecule has 0 fully saturated rings. The number of aryl methyl sites for hydroxylation is 1. The van der Waals surface area contributed by atoms with Crippen molar-refractivity contribution in [1.29, 1.82) is 0 Å². The van der Waals surface area contributed by atoms with Crippen LogP contribution < -0.4 is 5.32 Å². The molecule has 132 valence electrons. The fraction of sp³-hybridized carbons (Fsp3) is 0.238. The molecule has 0 saturated heterocycles. The highest BCUT2D eigenvalue weighted by Gasteiger charge is 2.20. The van der Waals surface area contributed by atoms with Gasteiger partial charge in [0.25, 0.3) is 0 Å². The number of carbonyl (C=O) groups excluding carboxylic acids is 1. The molecule has 0 amide bonds. The molecule has 0 aliphatic heterocycles. The first kappa shape index (κ1) is 16.8. The summed E-state index contributed by atoms with van der Waals surface area (Å²) in [5.41, 5.74) is 5.15. The number of carbonyl (C=O) groups is 1. The number of rotatable bonds is 5. The lowest BCUT2D eigenvalue weighted by molar-refractivity contribution is 0.0986. The van der Waals surface area contributed by atoms with E-state index in [-0.39, 0.29) is 5.78 Å². The van der Waals surface area contributed by atoms with Crippen molar-refractivity contribution in [3.63, 3.8) is 0 Å². The van der Waals surface area contributed by atoms with E-state index in [0.717, 1.165) is 56.7 Å². The van der Waals surface area contributed by atoms with Crippen LogP contribution in [0.1, 0.15) is 47.0 Å². The van der Waals surface area contributed by atoms with Crippen molar-refractivity contribution in [3.05, 3.63) is 58.9 Å². The third-order valence-electron chi connectivity index (χ3n) is 4.76. The summed E-state index contributed by atoms with van der Waals surface area (Å²) in [5.74, 6) is 0.169. The molecule has 0 saturated carbocycles. The van der Waals surface area contributed by atoms with Crippen LogP contribution in [0.5, 0.6) is 0 Å². The second kappa shape index (κ2) is 6.92. The molecule has 0 bridgehead atoms. The normalized spacial score (nSPS) is 14.7. The van der Waals surface area contributed by atoms with Gasteiger partial charge in [-0.05, 0) is 54.2 Å². The predicted molar refractivity (Wildman–Crippen MR) is 108 cm³/mol.